The fraction of sp³-hybridized carbons (Fsp3) is 0.474. The molecule has 8 heteroatoms. The van der Waals surface area contributed by atoms with Crippen LogP contribution in [0.2, 0.25) is 0 Å². The highest BCUT2D eigenvalue weighted by molar-refractivity contribution is 5.95. The number of benzene rings is 1. The molecule has 1 atom stereocenters. The monoisotopic (exact) mass is 376 g/mol. The number of hydrogen-bond donors (Lipinski definition) is 0. The van der Waals surface area contributed by atoms with Gasteiger partial charge in [-0.3, -0.25) is 19.0 Å². The lowest BCUT2D eigenvalue weighted by atomic mass is 9.93. The fourth-order valence-corrected chi connectivity index (χ4v) is 3.43. The third kappa shape index (κ3) is 3.70. The Kier molecular flexibility index (Phi) is 5.53. The number of carbonyl (C=O) groups is 2. The van der Waals surface area contributed by atoms with Gasteiger partial charge in [0.1, 0.15) is 11.6 Å². The van der Waals surface area contributed by atoms with Gasteiger partial charge < -0.3 is 9.47 Å². The van der Waals surface area contributed by atoms with E-state index >= 15 is 0 Å². The molecule has 0 aliphatic carbocycles. The molecule has 27 heavy (non-hydrogen) atoms. The van der Waals surface area contributed by atoms with E-state index in [4.69, 9.17) is 9.47 Å². The van der Waals surface area contributed by atoms with Crippen LogP contribution in [-0.2, 0) is 25.6 Å². The van der Waals surface area contributed by atoms with E-state index in [0.717, 1.165) is 0 Å². The zero-order chi connectivity index (χ0) is 19.6. The van der Waals surface area contributed by atoms with Crippen molar-refractivity contribution in [2.45, 2.75) is 39.2 Å². The molecular formula is C19H21FN2O5. The second-order valence-electron chi connectivity index (χ2n) is 6.37. The average molecular weight is 376 g/mol. The molecule has 0 fully saturated rings. The molecule has 1 aromatic heterocycles. The summed E-state index contributed by atoms with van der Waals surface area (Å²) >= 11 is 0. The van der Waals surface area contributed by atoms with Gasteiger partial charge in [-0.15, -0.1) is 0 Å². The summed E-state index contributed by atoms with van der Waals surface area (Å²) in [5.74, 6) is -2.62. The summed E-state index contributed by atoms with van der Waals surface area (Å²) in [6.07, 6.45) is 0.702. The van der Waals surface area contributed by atoms with Crippen LogP contribution in [0.1, 0.15) is 38.4 Å². The van der Waals surface area contributed by atoms with E-state index < -0.39 is 23.7 Å². The van der Waals surface area contributed by atoms with E-state index in [0.29, 0.717) is 24.3 Å². The summed E-state index contributed by atoms with van der Waals surface area (Å²) in [4.78, 5) is 41.6. The molecule has 7 nitrogen and oxygen atoms in total. The van der Waals surface area contributed by atoms with Gasteiger partial charge in [0.2, 0.25) is 0 Å². The van der Waals surface area contributed by atoms with Gasteiger partial charge in [0.15, 0.2) is 5.92 Å². The van der Waals surface area contributed by atoms with Crippen molar-refractivity contribution in [1.29, 1.82) is 0 Å². The van der Waals surface area contributed by atoms with Gasteiger partial charge in [-0.25, -0.2) is 9.37 Å². The molecule has 1 aliphatic rings. The van der Waals surface area contributed by atoms with Crippen LogP contribution in [0.5, 0.6) is 0 Å². The van der Waals surface area contributed by atoms with Crippen LogP contribution in [0.25, 0.3) is 10.9 Å². The van der Waals surface area contributed by atoms with Crippen molar-refractivity contribution < 1.29 is 23.5 Å². The number of esters is 2. The predicted octanol–water partition coefficient (Wildman–Crippen LogP) is 2.16. The Hall–Kier alpha value is -2.77. The Bertz CT molecular complexity index is 922. The maximum Gasteiger partial charge on any atom is 0.320 e. The molecule has 1 unspecified atom stereocenters. The molecule has 0 spiro atoms. The van der Waals surface area contributed by atoms with Crippen molar-refractivity contribution in [3.63, 3.8) is 0 Å². The van der Waals surface area contributed by atoms with Crippen LogP contribution in [-0.4, -0.2) is 34.7 Å². The van der Waals surface area contributed by atoms with Crippen LogP contribution in [0, 0.1) is 11.7 Å². The molecule has 0 saturated carbocycles. The minimum atomic E-state index is -1.07. The van der Waals surface area contributed by atoms with Crippen molar-refractivity contribution >= 4 is 22.8 Å². The average Bonchev–Trinajstić information content (AvgIpc) is 3.03. The third-order valence-corrected chi connectivity index (χ3v) is 4.67. The first-order chi connectivity index (χ1) is 13.0. The van der Waals surface area contributed by atoms with Crippen molar-refractivity contribution in [1.82, 2.24) is 9.55 Å². The third-order valence-electron chi connectivity index (χ3n) is 4.67. The number of rotatable bonds is 6. The summed E-state index contributed by atoms with van der Waals surface area (Å²) in [6.45, 7) is 4.04. The number of fused-ring (bicyclic) bond motifs is 2. The molecule has 1 aliphatic heterocycles. The number of ether oxygens (including phenoxy) is 2. The summed E-state index contributed by atoms with van der Waals surface area (Å²) in [6, 6.07) is 3.87. The Morgan fingerprint density at radius 2 is 1.93 bits per heavy atom. The number of aromatic nitrogens is 2. The standard InChI is InChI=1S/C19H21FN2O5/c1-3-26-18(24)14(19(25)27-4-2)9-11-7-8-22-16(11)21-15-6-5-12(20)10-13(15)17(22)23/h5-6,10-11,14H,3-4,7-9H2,1-2H3. The maximum atomic E-state index is 13.5. The SMILES string of the molecule is CCOC(=O)C(CC1CCn2c1nc1ccc(F)cc1c2=O)C(=O)OCC. The fourth-order valence-electron chi connectivity index (χ4n) is 3.43. The minimum absolute atomic E-state index is 0.150. The van der Waals surface area contributed by atoms with Gasteiger partial charge in [-0.05, 0) is 44.9 Å². The summed E-state index contributed by atoms with van der Waals surface area (Å²) in [7, 11) is 0. The Balaban J connectivity index is 1.95. The van der Waals surface area contributed by atoms with E-state index in [-0.39, 0.29) is 36.5 Å². The van der Waals surface area contributed by atoms with E-state index in [1.165, 1.54) is 22.8 Å². The van der Waals surface area contributed by atoms with E-state index in [1.807, 2.05) is 0 Å². The van der Waals surface area contributed by atoms with Gasteiger partial charge in [-0.1, -0.05) is 0 Å². The van der Waals surface area contributed by atoms with Crippen LogP contribution >= 0.6 is 0 Å². The number of carbonyl (C=O) groups excluding carboxylic acids is 2. The molecule has 3 rings (SSSR count). The number of nitrogens with zero attached hydrogens (tertiary/aromatic N) is 2. The maximum absolute atomic E-state index is 13.5. The summed E-state index contributed by atoms with van der Waals surface area (Å²) < 4.78 is 25.0. The van der Waals surface area contributed by atoms with Gasteiger partial charge >= 0.3 is 11.9 Å². The van der Waals surface area contributed by atoms with E-state index in [1.54, 1.807) is 13.8 Å². The molecular weight excluding hydrogens is 355 g/mol. The van der Waals surface area contributed by atoms with E-state index in [9.17, 15) is 18.8 Å². The molecule has 0 amide bonds. The predicted molar refractivity (Wildman–Crippen MR) is 94.7 cm³/mol. The van der Waals surface area contributed by atoms with Crippen molar-refractivity contribution in [3.05, 3.63) is 40.2 Å². The first-order valence-electron chi connectivity index (χ1n) is 8.99. The lowest BCUT2D eigenvalue weighted by molar-refractivity contribution is -0.162. The van der Waals surface area contributed by atoms with Crippen molar-refractivity contribution in [2.75, 3.05) is 13.2 Å². The topological polar surface area (TPSA) is 87.5 Å². The highest BCUT2D eigenvalue weighted by Gasteiger charge is 2.36. The molecule has 0 N–H and O–H groups in total. The Morgan fingerprint density at radius 1 is 1.26 bits per heavy atom. The van der Waals surface area contributed by atoms with Crippen LogP contribution in [0.4, 0.5) is 4.39 Å². The van der Waals surface area contributed by atoms with Gasteiger partial charge in [0.25, 0.3) is 5.56 Å². The molecule has 0 radical (unpaired) electrons. The second-order valence-corrected chi connectivity index (χ2v) is 6.37. The highest BCUT2D eigenvalue weighted by atomic mass is 19.1. The van der Waals surface area contributed by atoms with Crippen molar-refractivity contribution in [2.24, 2.45) is 5.92 Å². The minimum Gasteiger partial charge on any atom is -0.465 e. The lowest BCUT2D eigenvalue weighted by Gasteiger charge is -2.18. The molecule has 1 aromatic carbocycles. The molecule has 0 bridgehead atoms. The quantitative estimate of drug-likeness (QED) is 0.567. The van der Waals surface area contributed by atoms with Gasteiger partial charge in [0, 0.05) is 12.5 Å². The first-order valence-corrected chi connectivity index (χ1v) is 8.99. The lowest BCUT2D eigenvalue weighted by Crippen LogP contribution is -2.30. The molecule has 2 heterocycles. The number of halogens is 1. The van der Waals surface area contributed by atoms with Gasteiger partial charge in [-0.2, -0.15) is 0 Å². The Labute approximate surface area is 155 Å². The normalized spacial score (nSPS) is 15.8. The van der Waals surface area contributed by atoms with Crippen LogP contribution in [0.3, 0.4) is 0 Å². The summed E-state index contributed by atoms with van der Waals surface area (Å²) in [5, 5.41) is 0.215. The van der Waals surface area contributed by atoms with Crippen molar-refractivity contribution in [3.8, 4) is 0 Å². The first kappa shape index (κ1) is 19.0. The zero-order valence-electron chi connectivity index (χ0n) is 15.2. The highest BCUT2D eigenvalue weighted by Crippen LogP contribution is 2.33. The smallest absolute Gasteiger partial charge is 0.320 e. The van der Waals surface area contributed by atoms with Crippen LogP contribution < -0.4 is 5.56 Å². The summed E-state index contributed by atoms with van der Waals surface area (Å²) in [5.41, 5.74) is 0.0733. The molecule has 0 saturated heterocycles. The van der Waals surface area contributed by atoms with Crippen LogP contribution in [0.15, 0.2) is 23.0 Å². The van der Waals surface area contributed by atoms with Gasteiger partial charge in [0.05, 0.1) is 24.1 Å². The zero-order valence-corrected chi connectivity index (χ0v) is 15.2. The number of hydrogen-bond acceptors (Lipinski definition) is 6. The molecule has 2 aromatic rings. The largest absolute Gasteiger partial charge is 0.465 e. The molecule has 144 valence electrons. The second kappa shape index (κ2) is 7.85. The van der Waals surface area contributed by atoms with E-state index in [2.05, 4.69) is 4.98 Å². The Morgan fingerprint density at radius 3 is 2.56 bits per heavy atom.